The zero-order valence-corrected chi connectivity index (χ0v) is 26.8. The second kappa shape index (κ2) is 17.5. The minimum atomic E-state index is -6.41. The average Bonchev–Trinajstić information content (AvgIpc) is 3.04. The molecule has 49 heavy (non-hydrogen) atoms. The van der Waals surface area contributed by atoms with Crippen molar-refractivity contribution in [2.24, 2.45) is 0 Å². The lowest BCUT2D eigenvalue weighted by molar-refractivity contribution is -0.361. The molecule has 0 bridgehead atoms. The van der Waals surface area contributed by atoms with Gasteiger partial charge in [-0.2, -0.15) is 30.7 Å². The van der Waals surface area contributed by atoms with Crippen molar-refractivity contribution in [3.8, 4) is 22.6 Å². The Morgan fingerprint density at radius 1 is 0.735 bits per heavy atom. The van der Waals surface area contributed by atoms with Crippen LogP contribution in [0.5, 0.6) is 11.5 Å². The number of alkyl halides is 7. The topological polar surface area (TPSA) is 71.1 Å². The maximum atomic E-state index is 14.7. The normalized spacial score (nSPS) is 12.8. The molecule has 0 aliphatic heterocycles. The first-order chi connectivity index (χ1) is 23.1. The molecule has 3 aromatic rings. The molecule has 6 nitrogen and oxygen atoms in total. The summed E-state index contributed by atoms with van der Waals surface area (Å²) in [5.74, 6) is -13.7. The quantitative estimate of drug-likeness (QED) is 0.0569. The van der Waals surface area contributed by atoms with Crippen molar-refractivity contribution < 1.29 is 63.7 Å². The van der Waals surface area contributed by atoms with E-state index < -0.39 is 49.0 Å². The molecule has 268 valence electrons. The highest BCUT2D eigenvalue weighted by molar-refractivity contribution is 5.92. The highest BCUT2D eigenvalue weighted by Gasteiger charge is 2.72. The Labute approximate surface area is 278 Å². The van der Waals surface area contributed by atoms with Gasteiger partial charge in [-0.25, -0.2) is 14.0 Å². The van der Waals surface area contributed by atoms with E-state index in [1.54, 1.807) is 36.4 Å². The van der Waals surface area contributed by atoms with E-state index in [1.807, 2.05) is 6.92 Å². The summed E-state index contributed by atoms with van der Waals surface area (Å²) < 4.78 is 124. The second-order valence-corrected chi connectivity index (χ2v) is 11.2. The van der Waals surface area contributed by atoms with Gasteiger partial charge in [0.2, 0.25) is 0 Å². The molecule has 14 heteroatoms. The van der Waals surface area contributed by atoms with Crippen LogP contribution < -0.4 is 9.47 Å². The zero-order valence-electron chi connectivity index (χ0n) is 26.8. The molecule has 0 heterocycles. The summed E-state index contributed by atoms with van der Waals surface area (Å²) in [7, 11) is 0. The predicted octanol–water partition coefficient (Wildman–Crippen LogP) is 9.85. The standard InChI is InChI=1S/C35H36F8O6/c1-3-4-8-23(2)48-31(44)26-11-9-24(10-12-26)25-13-15-27(16-14-25)49-32(45)29-18-17-28(21-30(29)36)47-20-7-5-6-19-46-22-33(37,38)34(39,40)35(41,42)43/h9-18,21,23H,3-8,19-20,22H2,1-2H3. The highest BCUT2D eigenvalue weighted by Crippen LogP contribution is 2.46. The fourth-order valence-electron chi connectivity index (χ4n) is 4.40. The van der Waals surface area contributed by atoms with E-state index in [-0.39, 0.29) is 42.6 Å². The Hall–Kier alpha value is -4.20. The highest BCUT2D eigenvalue weighted by atomic mass is 19.4. The first kappa shape index (κ1) is 39.2. The van der Waals surface area contributed by atoms with Crippen LogP contribution in [-0.4, -0.2) is 55.9 Å². The van der Waals surface area contributed by atoms with Gasteiger partial charge in [0.1, 0.15) is 23.9 Å². The van der Waals surface area contributed by atoms with Gasteiger partial charge in [-0.1, -0.05) is 44.0 Å². The van der Waals surface area contributed by atoms with Crippen molar-refractivity contribution in [1.82, 2.24) is 0 Å². The number of carbonyl (C=O) groups excluding carboxylic acids is 2. The molecular formula is C35H36F8O6. The monoisotopic (exact) mass is 704 g/mol. The molecule has 3 aromatic carbocycles. The van der Waals surface area contributed by atoms with E-state index >= 15 is 0 Å². The van der Waals surface area contributed by atoms with Crippen molar-refractivity contribution >= 4 is 11.9 Å². The van der Waals surface area contributed by atoms with Crippen LogP contribution in [0.25, 0.3) is 11.1 Å². The van der Waals surface area contributed by atoms with Crippen LogP contribution in [0, 0.1) is 5.82 Å². The van der Waals surface area contributed by atoms with Crippen LogP contribution in [0.3, 0.4) is 0 Å². The van der Waals surface area contributed by atoms with Crippen molar-refractivity contribution in [2.45, 2.75) is 76.5 Å². The SMILES string of the molecule is CCCCC(C)OC(=O)c1ccc(-c2ccc(OC(=O)c3ccc(OCCCCCOCC(F)(F)C(F)(F)C(F)(F)F)cc3F)cc2)cc1. The molecule has 1 unspecified atom stereocenters. The van der Waals surface area contributed by atoms with E-state index in [0.29, 0.717) is 12.0 Å². The third-order valence-electron chi connectivity index (χ3n) is 7.25. The van der Waals surface area contributed by atoms with Crippen LogP contribution in [0.15, 0.2) is 66.7 Å². The maximum absolute atomic E-state index is 14.7. The lowest BCUT2D eigenvalue weighted by Gasteiger charge is -2.27. The molecular weight excluding hydrogens is 668 g/mol. The predicted molar refractivity (Wildman–Crippen MR) is 164 cm³/mol. The summed E-state index contributed by atoms with van der Waals surface area (Å²) in [6.07, 6.45) is -3.16. The number of unbranched alkanes of at least 4 members (excludes halogenated alkanes) is 3. The average molecular weight is 705 g/mol. The summed E-state index contributed by atoms with van der Waals surface area (Å²) >= 11 is 0. The molecule has 0 saturated carbocycles. The minimum Gasteiger partial charge on any atom is -0.493 e. The molecule has 0 radical (unpaired) electrons. The van der Waals surface area contributed by atoms with Gasteiger partial charge in [-0.15, -0.1) is 0 Å². The lowest BCUT2D eigenvalue weighted by atomic mass is 10.0. The number of esters is 2. The summed E-state index contributed by atoms with van der Waals surface area (Å²) in [6.45, 7) is 1.38. The van der Waals surface area contributed by atoms with Crippen molar-refractivity contribution in [1.29, 1.82) is 0 Å². The van der Waals surface area contributed by atoms with Gasteiger partial charge >= 0.3 is 30.0 Å². The van der Waals surface area contributed by atoms with Gasteiger partial charge in [-0.05, 0) is 80.1 Å². The van der Waals surface area contributed by atoms with E-state index in [4.69, 9.17) is 14.2 Å². The number of ether oxygens (including phenoxy) is 4. The fourth-order valence-corrected chi connectivity index (χ4v) is 4.40. The van der Waals surface area contributed by atoms with E-state index in [1.165, 1.54) is 24.3 Å². The molecule has 0 spiro atoms. The van der Waals surface area contributed by atoms with Crippen LogP contribution in [-0.2, 0) is 9.47 Å². The Balaban J connectivity index is 1.41. The molecule has 0 amide bonds. The van der Waals surface area contributed by atoms with Gasteiger partial charge in [0, 0.05) is 12.7 Å². The Bertz CT molecular complexity index is 1510. The zero-order chi connectivity index (χ0) is 36.2. The van der Waals surface area contributed by atoms with Crippen molar-refractivity contribution in [3.63, 3.8) is 0 Å². The molecule has 0 N–H and O–H groups in total. The van der Waals surface area contributed by atoms with Crippen LogP contribution in [0.4, 0.5) is 35.1 Å². The largest absolute Gasteiger partial charge is 0.493 e. The van der Waals surface area contributed by atoms with Crippen LogP contribution in [0.1, 0.15) is 73.1 Å². The molecule has 1 atom stereocenters. The van der Waals surface area contributed by atoms with Gasteiger partial charge in [-0.3, -0.25) is 0 Å². The summed E-state index contributed by atoms with van der Waals surface area (Å²) in [4.78, 5) is 25.0. The van der Waals surface area contributed by atoms with E-state index in [0.717, 1.165) is 36.5 Å². The molecule has 0 aliphatic carbocycles. The molecule has 0 aromatic heterocycles. The first-order valence-corrected chi connectivity index (χ1v) is 15.5. The van der Waals surface area contributed by atoms with Crippen molar-refractivity contribution in [2.75, 3.05) is 19.8 Å². The van der Waals surface area contributed by atoms with Gasteiger partial charge < -0.3 is 18.9 Å². The number of halogens is 8. The summed E-state index contributed by atoms with van der Waals surface area (Å²) in [6, 6.07) is 16.8. The number of benzene rings is 3. The number of hydrogen-bond donors (Lipinski definition) is 0. The van der Waals surface area contributed by atoms with Gasteiger partial charge in [0.15, 0.2) is 0 Å². The third kappa shape index (κ3) is 11.2. The molecule has 3 rings (SSSR count). The summed E-state index contributed by atoms with van der Waals surface area (Å²) in [5, 5.41) is 0. The molecule has 0 fully saturated rings. The maximum Gasteiger partial charge on any atom is 0.459 e. The third-order valence-corrected chi connectivity index (χ3v) is 7.25. The Morgan fingerprint density at radius 2 is 1.33 bits per heavy atom. The first-order valence-electron chi connectivity index (χ1n) is 15.5. The van der Waals surface area contributed by atoms with Crippen LogP contribution >= 0.6 is 0 Å². The van der Waals surface area contributed by atoms with E-state index in [2.05, 4.69) is 11.7 Å². The van der Waals surface area contributed by atoms with E-state index in [9.17, 15) is 44.7 Å². The van der Waals surface area contributed by atoms with Crippen LogP contribution in [0.2, 0.25) is 0 Å². The number of hydrogen-bond acceptors (Lipinski definition) is 6. The van der Waals surface area contributed by atoms with Gasteiger partial charge in [0.05, 0.1) is 23.8 Å². The van der Waals surface area contributed by atoms with Crippen molar-refractivity contribution in [3.05, 3.63) is 83.7 Å². The number of carbonyl (C=O) groups is 2. The second-order valence-electron chi connectivity index (χ2n) is 11.2. The fraction of sp³-hybridized carbons (Fsp3) is 0.429. The Kier molecular flexibility index (Phi) is 14.0. The Morgan fingerprint density at radius 3 is 1.92 bits per heavy atom. The summed E-state index contributed by atoms with van der Waals surface area (Å²) in [5.41, 5.74) is 1.66. The molecule has 0 aliphatic rings. The smallest absolute Gasteiger partial charge is 0.459 e. The number of rotatable bonds is 18. The lowest BCUT2D eigenvalue weighted by Crippen LogP contribution is -2.54. The minimum absolute atomic E-state index is 0.0307. The van der Waals surface area contributed by atoms with Gasteiger partial charge in [0.25, 0.3) is 0 Å². The molecule has 0 saturated heterocycles.